The van der Waals surface area contributed by atoms with E-state index in [1.165, 1.54) is 4.90 Å². The molecule has 1 amide bonds. The molecule has 11 heteroatoms. The lowest BCUT2D eigenvalue weighted by atomic mass is 10.0. The molecular weight excluding hydrogens is 441 g/mol. The topological polar surface area (TPSA) is 103 Å². The zero-order valence-corrected chi connectivity index (χ0v) is 17.3. The Morgan fingerprint density at radius 1 is 1.18 bits per heavy atom. The van der Waals surface area contributed by atoms with E-state index < -0.39 is 46.0 Å². The molecule has 0 unspecified atom stereocenters. The second-order valence-electron chi connectivity index (χ2n) is 7.21. The predicted molar refractivity (Wildman–Crippen MR) is 109 cm³/mol. The number of hydrogen-bond donors (Lipinski definition) is 1. The van der Waals surface area contributed by atoms with Crippen LogP contribution in [-0.4, -0.2) is 54.4 Å². The lowest BCUT2D eigenvalue weighted by Crippen LogP contribution is -2.49. The van der Waals surface area contributed by atoms with Crippen molar-refractivity contribution in [2.24, 2.45) is 0 Å². The van der Waals surface area contributed by atoms with Gasteiger partial charge in [0.1, 0.15) is 17.4 Å². The zero-order chi connectivity index (χ0) is 23.7. The number of carbonyl (C=O) groups is 1. The Kier molecular flexibility index (Phi) is 5.83. The van der Waals surface area contributed by atoms with Crippen molar-refractivity contribution in [3.8, 4) is 28.9 Å². The van der Waals surface area contributed by atoms with Gasteiger partial charge in [-0.05, 0) is 18.2 Å². The van der Waals surface area contributed by atoms with Gasteiger partial charge in [0, 0.05) is 37.9 Å². The largest absolute Gasteiger partial charge is 0.503 e. The number of phenolic OH excluding ortho intramolecular Hbond substituents is 1. The van der Waals surface area contributed by atoms with Crippen LogP contribution in [0.5, 0.6) is 11.5 Å². The summed E-state index contributed by atoms with van der Waals surface area (Å²) in [4.78, 5) is 16.5. The maximum absolute atomic E-state index is 14.3. The van der Waals surface area contributed by atoms with Gasteiger partial charge >= 0.3 is 0 Å². The van der Waals surface area contributed by atoms with Crippen molar-refractivity contribution < 1.29 is 32.3 Å². The lowest BCUT2D eigenvalue weighted by molar-refractivity contribution is 0.0736. The summed E-state index contributed by atoms with van der Waals surface area (Å²) in [5, 5.41) is 22.5. The maximum Gasteiger partial charge on any atom is 0.277 e. The number of piperazine rings is 1. The van der Waals surface area contributed by atoms with E-state index in [0.29, 0.717) is 38.0 Å². The van der Waals surface area contributed by atoms with Crippen molar-refractivity contribution in [3.63, 3.8) is 0 Å². The highest BCUT2D eigenvalue weighted by atomic mass is 19.2. The quantitative estimate of drug-likeness (QED) is 0.599. The summed E-state index contributed by atoms with van der Waals surface area (Å²) in [6, 6.07) is 9.60. The van der Waals surface area contributed by atoms with Gasteiger partial charge in [0.15, 0.2) is 28.8 Å². The molecule has 0 atom stereocenters. The molecule has 8 nitrogen and oxygen atoms in total. The van der Waals surface area contributed by atoms with Crippen molar-refractivity contribution in [1.29, 1.82) is 5.26 Å². The van der Waals surface area contributed by atoms with Gasteiger partial charge in [-0.25, -0.2) is 8.78 Å². The molecule has 0 aliphatic carbocycles. The van der Waals surface area contributed by atoms with Crippen LogP contribution in [0.2, 0.25) is 0 Å². The predicted octanol–water partition coefficient (Wildman–Crippen LogP) is 3.31. The van der Waals surface area contributed by atoms with Crippen LogP contribution in [0.25, 0.3) is 11.3 Å². The number of carbonyl (C=O) groups excluding carboxylic acids is 1. The molecule has 2 heterocycles. The highest BCUT2D eigenvalue weighted by Crippen LogP contribution is 2.35. The van der Waals surface area contributed by atoms with Gasteiger partial charge in [0.25, 0.3) is 5.91 Å². The van der Waals surface area contributed by atoms with Gasteiger partial charge in [-0.3, -0.25) is 4.79 Å². The fourth-order valence-electron chi connectivity index (χ4n) is 3.60. The average molecular weight is 458 g/mol. The number of methoxy groups -OCH3 is 1. The van der Waals surface area contributed by atoms with Gasteiger partial charge in [-0.15, -0.1) is 0 Å². The van der Waals surface area contributed by atoms with E-state index in [2.05, 4.69) is 10.1 Å². The monoisotopic (exact) mass is 458 g/mol. The maximum atomic E-state index is 14.3. The van der Waals surface area contributed by atoms with Gasteiger partial charge < -0.3 is 24.2 Å². The summed E-state index contributed by atoms with van der Waals surface area (Å²) in [5.74, 6) is -6.93. The van der Waals surface area contributed by atoms with Crippen LogP contribution in [0.15, 0.2) is 34.9 Å². The first-order chi connectivity index (χ1) is 15.8. The zero-order valence-electron chi connectivity index (χ0n) is 17.3. The Morgan fingerprint density at radius 2 is 1.91 bits per heavy atom. The van der Waals surface area contributed by atoms with Gasteiger partial charge in [-0.1, -0.05) is 11.2 Å². The van der Waals surface area contributed by atoms with Crippen molar-refractivity contribution in [3.05, 3.63) is 59.0 Å². The van der Waals surface area contributed by atoms with E-state index in [1.807, 2.05) is 24.3 Å². The Morgan fingerprint density at radius 3 is 2.58 bits per heavy atom. The number of ether oxygens (including phenoxy) is 1. The summed E-state index contributed by atoms with van der Waals surface area (Å²) in [5.41, 5.74) is -0.626. The molecule has 0 spiro atoms. The summed E-state index contributed by atoms with van der Waals surface area (Å²) >= 11 is 0. The number of aromatic nitrogens is 1. The third-order valence-electron chi connectivity index (χ3n) is 5.37. The number of aromatic hydroxyl groups is 1. The molecule has 1 N–H and O–H groups in total. The Balaban J connectivity index is 1.56. The molecule has 1 aliphatic heterocycles. The number of benzene rings is 2. The van der Waals surface area contributed by atoms with Crippen LogP contribution >= 0.6 is 0 Å². The molecule has 170 valence electrons. The van der Waals surface area contributed by atoms with Gasteiger partial charge in [0.2, 0.25) is 5.82 Å². The van der Waals surface area contributed by atoms with E-state index in [4.69, 9.17) is 9.26 Å². The standard InChI is InChI=1S/C22H17F3N4O4/c1-32-13-4-2-3-12(9-13)28-5-7-29(8-6-28)22(31)19-15(11-26)21(33-27-19)14-10-16(23)18(25)20(30)17(14)24/h2-4,9-10,30H,5-8H2,1H3. The highest BCUT2D eigenvalue weighted by molar-refractivity contribution is 5.96. The first-order valence-corrected chi connectivity index (χ1v) is 9.80. The number of phenols is 1. The third kappa shape index (κ3) is 3.91. The summed E-state index contributed by atoms with van der Waals surface area (Å²) in [6.45, 7) is 1.61. The van der Waals surface area contributed by atoms with E-state index in [-0.39, 0.29) is 5.69 Å². The molecule has 1 aromatic heterocycles. The molecular formula is C22H17F3N4O4. The van der Waals surface area contributed by atoms with Crippen molar-refractivity contribution in [1.82, 2.24) is 10.1 Å². The van der Waals surface area contributed by atoms with Crippen LogP contribution in [-0.2, 0) is 0 Å². The van der Waals surface area contributed by atoms with Gasteiger partial charge in [-0.2, -0.15) is 9.65 Å². The molecule has 33 heavy (non-hydrogen) atoms. The van der Waals surface area contributed by atoms with E-state index in [0.717, 1.165) is 5.69 Å². The molecule has 3 aromatic rings. The Labute approximate surface area is 186 Å². The fraction of sp³-hybridized carbons (Fsp3) is 0.227. The van der Waals surface area contributed by atoms with Crippen LogP contribution < -0.4 is 9.64 Å². The lowest BCUT2D eigenvalue weighted by Gasteiger charge is -2.35. The number of halogens is 3. The number of anilines is 1. The summed E-state index contributed by atoms with van der Waals surface area (Å²) in [7, 11) is 1.57. The van der Waals surface area contributed by atoms with Crippen LogP contribution in [0, 0.1) is 28.8 Å². The number of amides is 1. The van der Waals surface area contributed by atoms with Gasteiger partial charge in [0.05, 0.1) is 12.7 Å². The molecule has 1 aliphatic rings. The van der Waals surface area contributed by atoms with Crippen LogP contribution in [0.4, 0.5) is 18.9 Å². The SMILES string of the molecule is COc1cccc(N2CCN(C(=O)c3noc(-c4cc(F)c(F)c(O)c4F)c3C#N)CC2)c1. The smallest absolute Gasteiger partial charge is 0.277 e. The molecule has 0 saturated carbocycles. The summed E-state index contributed by atoms with van der Waals surface area (Å²) in [6.07, 6.45) is 0. The van der Waals surface area contributed by atoms with Crippen molar-refractivity contribution in [2.45, 2.75) is 0 Å². The van der Waals surface area contributed by atoms with Crippen molar-refractivity contribution in [2.75, 3.05) is 38.2 Å². The van der Waals surface area contributed by atoms with E-state index in [1.54, 1.807) is 13.2 Å². The molecule has 1 saturated heterocycles. The summed E-state index contributed by atoms with van der Waals surface area (Å²) < 4.78 is 51.6. The molecule has 0 bridgehead atoms. The first kappa shape index (κ1) is 22.0. The fourth-order valence-corrected chi connectivity index (χ4v) is 3.60. The number of rotatable bonds is 4. The Bertz CT molecular complexity index is 1260. The van der Waals surface area contributed by atoms with Crippen molar-refractivity contribution >= 4 is 11.6 Å². The molecule has 4 rings (SSSR count). The second-order valence-corrected chi connectivity index (χ2v) is 7.21. The minimum Gasteiger partial charge on any atom is -0.503 e. The van der Waals surface area contributed by atoms with E-state index in [9.17, 15) is 28.3 Å². The minimum atomic E-state index is -1.78. The number of nitriles is 1. The minimum absolute atomic E-state index is 0.309. The van der Waals surface area contributed by atoms with Crippen LogP contribution in [0.3, 0.4) is 0 Å². The van der Waals surface area contributed by atoms with E-state index >= 15 is 0 Å². The highest BCUT2D eigenvalue weighted by Gasteiger charge is 2.31. The Hall–Kier alpha value is -4.20. The second kappa shape index (κ2) is 8.74. The number of nitrogens with zero attached hydrogens (tertiary/aromatic N) is 4. The average Bonchev–Trinajstić information content (AvgIpc) is 3.28. The van der Waals surface area contributed by atoms with Crippen LogP contribution in [0.1, 0.15) is 16.1 Å². The molecule has 2 aromatic carbocycles. The first-order valence-electron chi connectivity index (χ1n) is 9.80. The molecule has 1 fully saturated rings. The normalized spacial score (nSPS) is 13.7. The number of hydrogen-bond acceptors (Lipinski definition) is 7. The third-order valence-corrected chi connectivity index (χ3v) is 5.37. The molecule has 0 radical (unpaired) electrons.